The molecular weight excluding hydrogens is 468 g/mol. The van der Waals surface area contributed by atoms with Crippen LogP contribution in [0.5, 0.6) is 11.5 Å². The van der Waals surface area contributed by atoms with E-state index in [1.54, 1.807) is 12.1 Å². The monoisotopic (exact) mass is 498 g/mol. The first kappa shape index (κ1) is 24.6. The van der Waals surface area contributed by atoms with Crippen molar-refractivity contribution in [3.05, 3.63) is 45.8 Å². The Labute approximate surface area is 207 Å². The maximum atomic E-state index is 13.0. The van der Waals surface area contributed by atoms with Gasteiger partial charge in [-0.2, -0.15) is 0 Å². The van der Waals surface area contributed by atoms with Gasteiger partial charge < -0.3 is 37.3 Å². The molecule has 0 radical (unpaired) electrons. The fraction of sp³-hybridized carbons (Fsp3) is 0.444. The van der Waals surface area contributed by atoms with Crippen molar-refractivity contribution < 1.29 is 37.3 Å². The molecule has 1 aliphatic rings. The number of hydrogen-bond donors (Lipinski definition) is 0. The highest BCUT2D eigenvalue weighted by atomic mass is 16.6. The summed E-state index contributed by atoms with van der Waals surface area (Å²) in [4.78, 5) is 13.0. The van der Waals surface area contributed by atoms with Gasteiger partial charge in [-0.25, -0.2) is 4.79 Å². The normalized spacial score (nSPS) is 17.3. The summed E-state index contributed by atoms with van der Waals surface area (Å²) in [6, 6.07) is 7.39. The zero-order chi connectivity index (χ0) is 24.9. The summed E-state index contributed by atoms with van der Waals surface area (Å²) in [5.41, 5.74) is 3.03. The molecule has 0 unspecified atom stereocenters. The Morgan fingerprint density at radius 3 is 1.75 bits per heavy atom. The van der Waals surface area contributed by atoms with Gasteiger partial charge in [-0.1, -0.05) is 6.07 Å². The molecule has 0 atom stereocenters. The first-order chi connectivity index (χ1) is 17.6. The van der Waals surface area contributed by atoms with Crippen molar-refractivity contribution in [3.8, 4) is 11.5 Å². The van der Waals surface area contributed by atoms with Crippen LogP contribution < -0.4 is 15.1 Å². The van der Waals surface area contributed by atoms with E-state index in [1.807, 2.05) is 26.0 Å². The predicted molar refractivity (Wildman–Crippen MR) is 134 cm³/mol. The van der Waals surface area contributed by atoms with Crippen molar-refractivity contribution in [1.82, 2.24) is 0 Å². The molecule has 2 aromatic carbocycles. The second-order valence-corrected chi connectivity index (χ2v) is 8.59. The van der Waals surface area contributed by atoms with Crippen LogP contribution >= 0.6 is 0 Å². The van der Waals surface area contributed by atoms with Crippen LogP contribution in [0.1, 0.15) is 11.1 Å². The summed E-state index contributed by atoms with van der Waals surface area (Å²) < 4.78 is 46.0. The lowest BCUT2D eigenvalue weighted by Crippen LogP contribution is -2.16. The van der Waals surface area contributed by atoms with Gasteiger partial charge in [-0.3, -0.25) is 0 Å². The third-order valence-corrected chi connectivity index (χ3v) is 5.92. The Morgan fingerprint density at radius 1 is 0.583 bits per heavy atom. The average Bonchev–Trinajstić information content (AvgIpc) is 3.21. The van der Waals surface area contributed by atoms with Crippen molar-refractivity contribution in [3.63, 3.8) is 0 Å². The molecule has 5 rings (SSSR count). The number of fused-ring (bicyclic) bond motifs is 6. The molecule has 0 fully saturated rings. The smallest absolute Gasteiger partial charge is 0.348 e. The quantitative estimate of drug-likeness (QED) is 0.331. The van der Waals surface area contributed by atoms with E-state index in [1.165, 1.54) is 0 Å². The largest absolute Gasteiger partial charge is 0.487 e. The minimum atomic E-state index is -0.457. The van der Waals surface area contributed by atoms with Gasteiger partial charge in [-0.15, -0.1) is 0 Å². The number of rotatable bonds is 0. The van der Waals surface area contributed by atoms with E-state index >= 15 is 0 Å². The molecular formula is C27H30O9. The minimum absolute atomic E-state index is 0.299. The number of furan rings is 1. The minimum Gasteiger partial charge on any atom is -0.487 e. The Balaban J connectivity index is 1.50. The van der Waals surface area contributed by atoms with E-state index in [9.17, 15) is 4.79 Å². The summed E-state index contributed by atoms with van der Waals surface area (Å²) in [5.74, 6) is 0.974. The topological polar surface area (TPSA) is 98.7 Å². The lowest BCUT2D eigenvalue weighted by Gasteiger charge is -2.14. The maximum Gasteiger partial charge on any atom is 0.348 e. The van der Waals surface area contributed by atoms with E-state index in [-0.39, 0.29) is 0 Å². The Hall–Kier alpha value is -3.11. The van der Waals surface area contributed by atoms with E-state index in [0.717, 1.165) is 16.5 Å². The highest BCUT2D eigenvalue weighted by Gasteiger charge is 2.20. The van der Waals surface area contributed by atoms with Crippen molar-refractivity contribution in [1.29, 1.82) is 0 Å². The van der Waals surface area contributed by atoms with Gasteiger partial charge >= 0.3 is 5.63 Å². The molecule has 3 heterocycles. The van der Waals surface area contributed by atoms with Crippen molar-refractivity contribution in [2.24, 2.45) is 0 Å². The van der Waals surface area contributed by atoms with Crippen LogP contribution in [0.25, 0.3) is 32.9 Å². The van der Waals surface area contributed by atoms with Crippen LogP contribution in [0.2, 0.25) is 0 Å². The lowest BCUT2D eigenvalue weighted by atomic mass is 10.0. The molecule has 36 heavy (non-hydrogen) atoms. The molecule has 9 heteroatoms. The Bertz CT molecular complexity index is 1400. The first-order valence-corrected chi connectivity index (χ1v) is 12.1. The zero-order valence-corrected chi connectivity index (χ0v) is 20.6. The van der Waals surface area contributed by atoms with Gasteiger partial charge in [0.1, 0.15) is 29.8 Å². The molecule has 0 N–H and O–H groups in total. The number of benzene rings is 2. The highest BCUT2D eigenvalue weighted by Crippen LogP contribution is 2.39. The molecule has 9 nitrogen and oxygen atoms in total. The fourth-order valence-corrected chi connectivity index (χ4v) is 4.34. The molecule has 1 aliphatic heterocycles. The molecule has 0 spiro atoms. The van der Waals surface area contributed by atoms with Gasteiger partial charge in [0, 0.05) is 11.5 Å². The number of hydrogen-bond acceptors (Lipinski definition) is 9. The zero-order valence-electron chi connectivity index (χ0n) is 20.6. The summed E-state index contributed by atoms with van der Waals surface area (Å²) in [5, 5.41) is 1.76. The second kappa shape index (κ2) is 11.3. The van der Waals surface area contributed by atoms with Crippen LogP contribution in [0.15, 0.2) is 37.9 Å². The second-order valence-electron chi connectivity index (χ2n) is 8.59. The van der Waals surface area contributed by atoms with Gasteiger partial charge in [0.15, 0.2) is 17.1 Å². The summed E-state index contributed by atoms with van der Waals surface area (Å²) in [6.07, 6.45) is 0. The molecule has 0 saturated heterocycles. The molecule has 0 bridgehead atoms. The molecule has 0 aliphatic carbocycles. The van der Waals surface area contributed by atoms with Crippen LogP contribution in [0.3, 0.4) is 0 Å². The lowest BCUT2D eigenvalue weighted by molar-refractivity contribution is -0.00840. The average molecular weight is 499 g/mol. The van der Waals surface area contributed by atoms with Gasteiger partial charge in [0.25, 0.3) is 0 Å². The van der Waals surface area contributed by atoms with Crippen molar-refractivity contribution in [2.75, 3.05) is 66.1 Å². The predicted octanol–water partition coefficient (Wildman–Crippen LogP) is 4.15. The van der Waals surface area contributed by atoms with Crippen molar-refractivity contribution in [2.45, 2.75) is 13.8 Å². The van der Waals surface area contributed by atoms with E-state index in [4.69, 9.17) is 37.3 Å². The molecule has 2 aromatic heterocycles. The first-order valence-electron chi connectivity index (χ1n) is 12.1. The highest BCUT2D eigenvalue weighted by molar-refractivity contribution is 6.14. The molecule has 192 valence electrons. The van der Waals surface area contributed by atoms with E-state index < -0.39 is 5.63 Å². The van der Waals surface area contributed by atoms with Gasteiger partial charge in [0.2, 0.25) is 0 Å². The summed E-state index contributed by atoms with van der Waals surface area (Å²) >= 11 is 0. The van der Waals surface area contributed by atoms with Crippen LogP contribution in [0, 0.1) is 13.8 Å². The Kier molecular flexibility index (Phi) is 7.72. The third kappa shape index (κ3) is 5.34. The SMILES string of the molecule is Cc1cc(C)c2c(c1)oc(=O)c1c3cc4c(cc3oc21)OCCOCCOCCOCCOCCO4. The van der Waals surface area contributed by atoms with Crippen LogP contribution in [-0.2, 0) is 18.9 Å². The molecule has 0 amide bonds. The van der Waals surface area contributed by atoms with E-state index in [0.29, 0.717) is 105 Å². The van der Waals surface area contributed by atoms with Gasteiger partial charge in [0.05, 0.1) is 58.2 Å². The van der Waals surface area contributed by atoms with Gasteiger partial charge in [-0.05, 0) is 37.1 Å². The number of ether oxygens (including phenoxy) is 6. The third-order valence-electron chi connectivity index (χ3n) is 5.92. The molecule has 4 aromatic rings. The van der Waals surface area contributed by atoms with Crippen LogP contribution in [-0.4, -0.2) is 66.1 Å². The fourth-order valence-electron chi connectivity index (χ4n) is 4.34. The summed E-state index contributed by atoms with van der Waals surface area (Å²) in [6.45, 7) is 8.19. The standard InChI is InChI=1S/C27H30O9/c1-17-13-18(2)24-23(14-17)36-27(28)25-19-15-21-22(16-20(19)35-26(24)25)34-12-10-32-8-6-30-4-3-29-5-7-31-9-11-33-21/h13-16H,3-12H2,1-2H3. The number of aryl methyl sites for hydroxylation is 2. The molecule has 0 saturated carbocycles. The van der Waals surface area contributed by atoms with Crippen LogP contribution in [0.4, 0.5) is 0 Å². The Morgan fingerprint density at radius 2 is 1.14 bits per heavy atom. The maximum absolute atomic E-state index is 13.0. The summed E-state index contributed by atoms with van der Waals surface area (Å²) in [7, 11) is 0. The van der Waals surface area contributed by atoms with E-state index in [2.05, 4.69) is 0 Å². The van der Waals surface area contributed by atoms with Crippen molar-refractivity contribution >= 4 is 32.9 Å².